The number of para-hydroxylation sites is 2. The Balaban J connectivity index is 2.25. The lowest BCUT2D eigenvalue weighted by Gasteiger charge is -2.09. The summed E-state index contributed by atoms with van der Waals surface area (Å²) in [5.41, 5.74) is 9.10. The highest BCUT2D eigenvalue weighted by Gasteiger charge is 2.11. The Bertz CT molecular complexity index is 593. The molecule has 0 aliphatic carbocycles. The number of anilines is 2. The van der Waals surface area contributed by atoms with Gasteiger partial charge in [-0.2, -0.15) is 0 Å². The van der Waals surface area contributed by atoms with Crippen molar-refractivity contribution in [3.63, 3.8) is 0 Å². The van der Waals surface area contributed by atoms with Crippen LogP contribution in [0.5, 0.6) is 0 Å². The first-order valence-electron chi connectivity index (χ1n) is 5.68. The molecule has 2 aromatic rings. The van der Waals surface area contributed by atoms with Crippen molar-refractivity contribution < 1.29 is 4.79 Å². The Morgan fingerprint density at radius 3 is 2.56 bits per heavy atom. The zero-order valence-corrected chi connectivity index (χ0v) is 10.4. The van der Waals surface area contributed by atoms with Crippen LogP contribution in [0.25, 0.3) is 0 Å². The molecular formula is C14H15N3O. The number of nitrogens with two attached hydrogens (primary N) is 1. The highest BCUT2D eigenvalue weighted by atomic mass is 16.1. The van der Waals surface area contributed by atoms with Crippen molar-refractivity contribution in [1.82, 2.24) is 4.98 Å². The second kappa shape index (κ2) is 4.87. The van der Waals surface area contributed by atoms with Crippen LogP contribution >= 0.6 is 0 Å². The van der Waals surface area contributed by atoms with Crippen molar-refractivity contribution in [3.05, 3.63) is 53.3 Å². The molecule has 4 nitrogen and oxygen atoms in total. The van der Waals surface area contributed by atoms with Crippen molar-refractivity contribution in [3.8, 4) is 0 Å². The normalized spacial score (nSPS) is 10.1. The number of aromatic nitrogens is 1. The van der Waals surface area contributed by atoms with Crippen molar-refractivity contribution >= 4 is 17.3 Å². The molecule has 0 fully saturated rings. The standard InChI is InChI=1S/C14H15N3O/c1-9-7-8-11(10(2)16-9)14(18)17-13-6-4-3-5-12(13)15/h3-8H,15H2,1-2H3,(H,17,18). The molecule has 0 unspecified atom stereocenters. The second-order valence-corrected chi connectivity index (χ2v) is 4.13. The summed E-state index contributed by atoms with van der Waals surface area (Å²) < 4.78 is 0. The molecule has 1 aromatic heterocycles. The highest BCUT2D eigenvalue weighted by molar-refractivity contribution is 6.06. The first kappa shape index (κ1) is 12.1. The largest absolute Gasteiger partial charge is 0.397 e. The molecule has 1 amide bonds. The smallest absolute Gasteiger partial charge is 0.257 e. The van der Waals surface area contributed by atoms with E-state index in [1.807, 2.05) is 32.0 Å². The predicted octanol–water partition coefficient (Wildman–Crippen LogP) is 2.53. The molecule has 0 bridgehead atoms. The third kappa shape index (κ3) is 2.48. The minimum absolute atomic E-state index is 0.196. The number of nitrogens with zero attached hydrogens (tertiary/aromatic N) is 1. The summed E-state index contributed by atoms with van der Waals surface area (Å²) in [6, 6.07) is 10.7. The number of benzene rings is 1. The Labute approximate surface area is 106 Å². The molecule has 0 aliphatic rings. The number of rotatable bonds is 2. The third-order valence-corrected chi connectivity index (χ3v) is 2.68. The van der Waals surface area contributed by atoms with Crippen molar-refractivity contribution in [1.29, 1.82) is 0 Å². The van der Waals surface area contributed by atoms with Gasteiger partial charge in [0.25, 0.3) is 5.91 Å². The van der Waals surface area contributed by atoms with Gasteiger partial charge in [0.1, 0.15) is 0 Å². The number of pyridine rings is 1. The minimum atomic E-state index is -0.196. The summed E-state index contributed by atoms with van der Waals surface area (Å²) >= 11 is 0. The molecule has 3 N–H and O–H groups in total. The number of hydrogen-bond donors (Lipinski definition) is 2. The number of amides is 1. The van der Waals surface area contributed by atoms with Crippen LogP contribution in [-0.2, 0) is 0 Å². The van der Waals surface area contributed by atoms with Crippen LogP contribution in [0.2, 0.25) is 0 Å². The van der Waals surface area contributed by atoms with E-state index in [4.69, 9.17) is 5.73 Å². The second-order valence-electron chi connectivity index (χ2n) is 4.13. The van der Waals surface area contributed by atoms with E-state index in [2.05, 4.69) is 10.3 Å². The molecule has 4 heteroatoms. The molecule has 0 saturated carbocycles. The van der Waals surface area contributed by atoms with E-state index in [1.54, 1.807) is 18.2 Å². The number of aryl methyl sites for hydroxylation is 2. The Morgan fingerprint density at radius 1 is 1.17 bits per heavy atom. The SMILES string of the molecule is Cc1ccc(C(=O)Nc2ccccc2N)c(C)n1. The molecular weight excluding hydrogens is 226 g/mol. The molecule has 1 aromatic carbocycles. The number of nitrogens with one attached hydrogen (secondary N) is 1. The van der Waals surface area contributed by atoms with Crippen LogP contribution in [0.1, 0.15) is 21.7 Å². The molecule has 0 radical (unpaired) electrons. The summed E-state index contributed by atoms with van der Waals surface area (Å²) in [6.07, 6.45) is 0. The fraction of sp³-hybridized carbons (Fsp3) is 0.143. The highest BCUT2D eigenvalue weighted by Crippen LogP contribution is 2.18. The molecule has 0 atom stereocenters. The van der Waals surface area contributed by atoms with Gasteiger partial charge >= 0.3 is 0 Å². The van der Waals surface area contributed by atoms with Gasteiger partial charge < -0.3 is 11.1 Å². The number of hydrogen-bond acceptors (Lipinski definition) is 3. The average molecular weight is 241 g/mol. The summed E-state index contributed by atoms with van der Waals surface area (Å²) in [6.45, 7) is 3.71. The first-order chi connectivity index (χ1) is 8.58. The van der Waals surface area contributed by atoms with Gasteiger partial charge in [0.2, 0.25) is 0 Å². The number of carbonyl (C=O) groups is 1. The summed E-state index contributed by atoms with van der Waals surface area (Å²) in [5.74, 6) is -0.196. The van der Waals surface area contributed by atoms with E-state index >= 15 is 0 Å². The Morgan fingerprint density at radius 2 is 1.89 bits per heavy atom. The van der Waals surface area contributed by atoms with E-state index in [1.165, 1.54) is 0 Å². The molecule has 0 aliphatic heterocycles. The van der Waals surface area contributed by atoms with Gasteiger partial charge in [0, 0.05) is 5.69 Å². The van der Waals surface area contributed by atoms with Crippen molar-refractivity contribution in [2.45, 2.75) is 13.8 Å². The average Bonchev–Trinajstić information content (AvgIpc) is 2.32. The van der Waals surface area contributed by atoms with E-state index in [0.29, 0.717) is 22.6 Å². The maximum Gasteiger partial charge on any atom is 0.257 e. The lowest BCUT2D eigenvalue weighted by molar-refractivity contribution is 0.102. The molecule has 92 valence electrons. The molecule has 18 heavy (non-hydrogen) atoms. The van der Waals surface area contributed by atoms with Gasteiger partial charge in [0.15, 0.2) is 0 Å². The summed E-state index contributed by atoms with van der Waals surface area (Å²) in [5, 5.41) is 2.78. The van der Waals surface area contributed by atoms with Gasteiger partial charge in [-0.15, -0.1) is 0 Å². The van der Waals surface area contributed by atoms with Gasteiger partial charge in [-0.3, -0.25) is 9.78 Å². The first-order valence-corrected chi connectivity index (χ1v) is 5.68. The maximum absolute atomic E-state index is 12.1. The zero-order chi connectivity index (χ0) is 13.1. The minimum Gasteiger partial charge on any atom is -0.397 e. The molecule has 0 spiro atoms. The fourth-order valence-electron chi connectivity index (χ4n) is 1.73. The van der Waals surface area contributed by atoms with Gasteiger partial charge in [-0.05, 0) is 38.1 Å². The van der Waals surface area contributed by atoms with Crippen LogP contribution in [0, 0.1) is 13.8 Å². The molecule has 1 heterocycles. The van der Waals surface area contributed by atoms with E-state index in [9.17, 15) is 4.79 Å². The maximum atomic E-state index is 12.1. The van der Waals surface area contributed by atoms with Crippen LogP contribution in [0.4, 0.5) is 11.4 Å². The summed E-state index contributed by atoms with van der Waals surface area (Å²) in [4.78, 5) is 16.4. The van der Waals surface area contributed by atoms with Crippen molar-refractivity contribution in [2.75, 3.05) is 11.1 Å². The van der Waals surface area contributed by atoms with E-state index in [-0.39, 0.29) is 5.91 Å². The summed E-state index contributed by atoms with van der Waals surface area (Å²) in [7, 11) is 0. The molecule has 0 saturated heterocycles. The topological polar surface area (TPSA) is 68.0 Å². The van der Waals surface area contributed by atoms with Crippen LogP contribution in [0.15, 0.2) is 36.4 Å². The predicted molar refractivity (Wildman–Crippen MR) is 72.5 cm³/mol. The zero-order valence-electron chi connectivity index (χ0n) is 10.4. The van der Waals surface area contributed by atoms with Crippen LogP contribution in [0.3, 0.4) is 0 Å². The molecule has 2 rings (SSSR count). The lowest BCUT2D eigenvalue weighted by atomic mass is 10.1. The van der Waals surface area contributed by atoms with Gasteiger partial charge in [0.05, 0.1) is 22.6 Å². The lowest BCUT2D eigenvalue weighted by Crippen LogP contribution is -2.15. The third-order valence-electron chi connectivity index (χ3n) is 2.68. The Hall–Kier alpha value is -2.36. The van der Waals surface area contributed by atoms with Crippen molar-refractivity contribution in [2.24, 2.45) is 0 Å². The van der Waals surface area contributed by atoms with Gasteiger partial charge in [-0.25, -0.2) is 0 Å². The van der Waals surface area contributed by atoms with E-state index in [0.717, 1.165) is 5.69 Å². The van der Waals surface area contributed by atoms with Crippen LogP contribution < -0.4 is 11.1 Å². The number of nitrogen functional groups attached to an aromatic ring is 1. The Kier molecular flexibility index (Phi) is 3.28. The fourth-order valence-corrected chi connectivity index (χ4v) is 1.73. The van der Waals surface area contributed by atoms with Gasteiger partial charge in [-0.1, -0.05) is 12.1 Å². The number of carbonyl (C=O) groups excluding carboxylic acids is 1. The monoisotopic (exact) mass is 241 g/mol. The quantitative estimate of drug-likeness (QED) is 0.794. The van der Waals surface area contributed by atoms with Crippen LogP contribution in [-0.4, -0.2) is 10.9 Å². The van der Waals surface area contributed by atoms with E-state index < -0.39 is 0 Å².